The van der Waals surface area contributed by atoms with Crippen LogP contribution in [0.3, 0.4) is 0 Å². The van der Waals surface area contributed by atoms with Crippen molar-refractivity contribution in [2.24, 2.45) is 4.99 Å². The molecule has 1 atom stereocenters. The second-order valence-electron chi connectivity index (χ2n) is 2.66. The Morgan fingerprint density at radius 2 is 2.00 bits per heavy atom. The van der Waals surface area contributed by atoms with Crippen LogP contribution in [0, 0.1) is 0 Å². The molecule has 0 aromatic carbocycles. The first kappa shape index (κ1) is 11.7. The molecular weight excluding hydrogens is 174 g/mol. The molecule has 0 aromatic heterocycles. The van der Waals surface area contributed by atoms with Gasteiger partial charge in [-0.3, -0.25) is 0 Å². The van der Waals surface area contributed by atoms with Crippen LogP contribution >= 0.6 is 0 Å². The Morgan fingerprint density at radius 1 is 1.33 bits per heavy atom. The van der Waals surface area contributed by atoms with E-state index in [4.69, 9.17) is 0 Å². The minimum atomic E-state index is -0.660. The van der Waals surface area contributed by atoms with Crippen molar-refractivity contribution in [1.82, 2.24) is 0 Å². The van der Waals surface area contributed by atoms with E-state index in [1.807, 2.05) is 0 Å². The van der Waals surface area contributed by atoms with Gasteiger partial charge >= 0.3 is 0 Å². The zero-order chi connectivity index (χ0) is 9.23. The van der Waals surface area contributed by atoms with E-state index < -0.39 is 11.2 Å². The Kier molecular flexibility index (Phi) is 8.56. The van der Waals surface area contributed by atoms with E-state index in [0.717, 1.165) is 31.4 Å². The molecule has 1 unspecified atom stereocenters. The van der Waals surface area contributed by atoms with E-state index in [0.29, 0.717) is 6.54 Å². The predicted octanol–water partition coefficient (Wildman–Crippen LogP) is 1.26. The fourth-order valence-corrected chi connectivity index (χ4v) is 1.51. The molecule has 0 aromatic rings. The third-order valence-electron chi connectivity index (χ3n) is 1.52. The maximum absolute atomic E-state index is 10.6. The molecule has 0 aliphatic carbocycles. The van der Waals surface area contributed by atoms with Gasteiger partial charge in [0.15, 0.2) is 0 Å². The summed E-state index contributed by atoms with van der Waals surface area (Å²) >= 11 is -0.660. The van der Waals surface area contributed by atoms with Gasteiger partial charge in [0.25, 0.3) is 0 Å². The average Bonchev–Trinajstić information content (AvgIpc) is 2.02. The fraction of sp³-hybridized carbons (Fsp3) is 0.875. The van der Waals surface area contributed by atoms with Crippen molar-refractivity contribution >= 4 is 17.3 Å². The van der Waals surface area contributed by atoms with E-state index in [-0.39, 0.29) is 0 Å². The van der Waals surface area contributed by atoms with Crippen molar-refractivity contribution in [1.29, 1.82) is 0 Å². The quantitative estimate of drug-likeness (QED) is 0.262. The summed E-state index contributed by atoms with van der Waals surface area (Å²) in [7, 11) is 0. The third-order valence-corrected chi connectivity index (χ3v) is 2.38. The first-order chi connectivity index (χ1) is 5.77. The van der Waals surface area contributed by atoms with E-state index in [1.165, 1.54) is 6.08 Å². The smallest absolute Gasteiger partial charge is 0.234 e. The van der Waals surface area contributed by atoms with Crippen LogP contribution in [0.25, 0.3) is 0 Å². The normalized spacial score (nSPS) is 12.2. The summed E-state index contributed by atoms with van der Waals surface area (Å²) in [5.41, 5.74) is 0. The highest BCUT2D eigenvalue weighted by atomic mass is 32.2. The van der Waals surface area contributed by atoms with Gasteiger partial charge in [-0.1, -0.05) is 17.6 Å². The molecule has 0 spiro atoms. The lowest BCUT2D eigenvalue weighted by atomic mass is 10.2. The van der Waals surface area contributed by atoms with Gasteiger partial charge in [-0.25, -0.2) is 9.79 Å². The van der Waals surface area contributed by atoms with E-state index in [2.05, 4.69) is 4.99 Å². The topological polar surface area (TPSA) is 52.5 Å². The van der Waals surface area contributed by atoms with Crippen LogP contribution in [0.2, 0.25) is 0 Å². The maximum atomic E-state index is 10.6. The number of rotatable bonds is 7. The molecule has 3 nitrogen and oxygen atoms in total. The summed E-state index contributed by atoms with van der Waals surface area (Å²) in [5.74, 6) is 0.789. The number of hydrogen-bond donors (Lipinski definition) is 0. The number of carbonyl (C=O) groups excluding carboxylic acids is 1. The number of aliphatic imine (C=N–C) groups is 1. The van der Waals surface area contributed by atoms with Crippen molar-refractivity contribution < 1.29 is 9.35 Å². The molecule has 0 aliphatic rings. The van der Waals surface area contributed by atoms with E-state index in [1.54, 1.807) is 6.26 Å². The summed E-state index contributed by atoms with van der Waals surface area (Å²) in [6.07, 6.45) is 7.30. The van der Waals surface area contributed by atoms with E-state index >= 15 is 0 Å². The lowest BCUT2D eigenvalue weighted by Gasteiger charge is -2.03. The van der Waals surface area contributed by atoms with Gasteiger partial charge < -0.3 is 4.55 Å². The maximum Gasteiger partial charge on any atom is 0.234 e. The van der Waals surface area contributed by atoms with Crippen LogP contribution in [0.4, 0.5) is 0 Å². The van der Waals surface area contributed by atoms with Crippen LogP contribution in [0.5, 0.6) is 0 Å². The summed E-state index contributed by atoms with van der Waals surface area (Å²) < 4.78 is 10.6. The molecule has 0 rings (SSSR count). The number of isocyanates is 1. The van der Waals surface area contributed by atoms with Crippen molar-refractivity contribution in [3.05, 3.63) is 0 Å². The Morgan fingerprint density at radius 3 is 2.58 bits per heavy atom. The van der Waals surface area contributed by atoms with Crippen molar-refractivity contribution in [2.75, 3.05) is 18.6 Å². The highest BCUT2D eigenvalue weighted by molar-refractivity contribution is 7.90. The van der Waals surface area contributed by atoms with Crippen LogP contribution in [0.15, 0.2) is 4.99 Å². The summed E-state index contributed by atoms with van der Waals surface area (Å²) in [4.78, 5) is 13.1. The van der Waals surface area contributed by atoms with Crippen molar-refractivity contribution in [2.45, 2.75) is 25.7 Å². The number of hydrogen-bond acceptors (Lipinski definition) is 3. The average molecular weight is 189 g/mol. The lowest BCUT2D eigenvalue weighted by Crippen LogP contribution is -2.02. The molecule has 0 bridgehead atoms. The van der Waals surface area contributed by atoms with Crippen LogP contribution in [0.1, 0.15) is 25.7 Å². The van der Waals surface area contributed by atoms with Gasteiger partial charge in [0.05, 0.1) is 12.8 Å². The molecule has 4 heteroatoms. The van der Waals surface area contributed by atoms with Crippen LogP contribution in [-0.4, -0.2) is 29.2 Å². The SMILES string of the molecule is C[S+]([O-])CCCCCCN=C=O. The molecular formula is C8H15NO2S. The fourth-order valence-electron chi connectivity index (χ4n) is 0.895. The standard InChI is InChI=1S/C8H15NO2S/c1-12(11)7-5-3-2-4-6-9-8-10/h2-7H2,1H3. The first-order valence-electron chi connectivity index (χ1n) is 4.11. The molecule has 70 valence electrons. The van der Waals surface area contributed by atoms with Gasteiger partial charge in [-0.2, -0.15) is 0 Å². The van der Waals surface area contributed by atoms with E-state index in [9.17, 15) is 9.35 Å². The van der Waals surface area contributed by atoms with Crippen molar-refractivity contribution in [3.63, 3.8) is 0 Å². The zero-order valence-corrected chi connectivity index (χ0v) is 8.23. The minimum Gasteiger partial charge on any atom is -0.617 e. The highest BCUT2D eigenvalue weighted by Crippen LogP contribution is 2.01. The van der Waals surface area contributed by atoms with Crippen LogP contribution < -0.4 is 0 Å². The monoisotopic (exact) mass is 189 g/mol. The molecule has 12 heavy (non-hydrogen) atoms. The van der Waals surface area contributed by atoms with Gasteiger partial charge in [-0.15, -0.1) is 0 Å². The van der Waals surface area contributed by atoms with Gasteiger partial charge in [0.1, 0.15) is 5.75 Å². The molecule has 0 amide bonds. The second-order valence-corrected chi connectivity index (χ2v) is 4.22. The number of unbranched alkanes of at least 4 members (excludes halogenated alkanes) is 3. The Hall–Kier alpha value is -0.310. The molecule has 0 saturated heterocycles. The molecule has 0 aliphatic heterocycles. The van der Waals surface area contributed by atoms with Gasteiger partial charge in [0.2, 0.25) is 6.08 Å². The largest absolute Gasteiger partial charge is 0.617 e. The molecule has 0 saturated carbocycles. The second kappa shape index (κ2) is 8.78. The highest BCUT2D eigenvalue weighted by Gasteiger charge is 1.95. The summed E-state index contributed by atoms with van der Waals surface area (Å²) in [6, 6.07) is 0. The molecule has 0 fully saturated rings. The Labute approximate surface area is 76.4 Å². The lowest BCUT2D eigenvalue weighted by molar-refractivity contribution is 0.561. The number of nitrogens with zero attached hydrogens (tertiary/aromatic N) is 1. The van der Waals surface area contributed by atoms with Crippen molar-refractivity contribution in [3.8, 4) is 0 Å². The predicted molar refractivity (Wildman–Crippen MR) is 50.4 cm³/mol. The molecule has 0 radical (unpaired) electrons. The van der Waals surface area contributed by atoms with Gasteiger partial charge in [0, 0.05) is 0 Å². The Balaban J connectivity index is 2.95. The summed E-state index contributed by atoms with van der Waals surface area (Å²) in [5, 5.41) is 0. The molecule has 0 N–H and O–H groups in total. The minimum absolute atomic E-state index is 0.582. The first-order valence-corrected chi connectivity index (χ1v) is 5.83. The van der Waals surface area contributed by atoms with Crippen LogP contribution in [-0.2, 0) is 16.0 Å². The van der Waals surface area contributed by atoms with Gasteiger partial charge in [-0.05, 0) is 19.3 Å². The third kappa shape index (κ3) is 9.69. The molecule has 0 heterocycles. The zero-order valence-electron chi connectivity index (χ0n) is 7.41. The summed E-state index contributed by atoms with van der Waals surface area (Å²) in [6.45, 7) is 0.582. The Bertz CT molecular complexity index is 144.